The van der Waals surface area contributed by atoms with E-state index < -0.39 is 0 Å². The number of anilines is 3. The van der Waals surface area contributed by atoms with Gasteiger partial charge in [-0.25, -0.2) is 4.98 Å². The van der Waals surface area contributed by atoms with E-state index in [1.54, 1.807) is 17.2 Å². The Morgan fingerprint density at radius 3 is 2.31 bits per heavy atom. The molecule has 1 fully saturated rings. The third-order valence-electron chi connectivity index (χ3n) is 4.44. The second-order valence-corrected chi connectivity index (χ2v) is 6.43. The van der Waals surface area contributed by atoms with Crippen molar-refractivity contribution in [3.05, 3.63) is 48.2 Å². The first-order chi connectivity index (χ1) is 12.6. The zero-order valence-electron chi connectivity index (χ0n) is 15.1. The van der Waals surface area contributed by atoms with Crippen molar-refractivity contribution in [2.24, 2.45) is 0 Å². The molecule has 2 heterocycles. The Morgan fingerprint density at radius 1 is 1.08 bits per heavy atom. The van der Waals surface area contributed by atoms with Gasteiger partial charge in [0.1, 0.15) is 5.82 Å². The lowest BCUT2D eigenvalue weighted by Crippen LogP contribution is -2.46. The van der Waals surface area contributed by atoms with Crippen LogP contribution in [0.4, 0.5) is 17.2 Å². The molecular formula is C19H23N5O2. The maximum absolute atomic E-state index is 12.4. The molecule has 0 unspecified atom stereocenters. The van der Waals surface area contributed by atoms with Crippen molar-refractivity contribution in [2.75, 3.05) is 55.4 Å². The van der Waals surface area contributed by atoms with Crippen molar-refractivity contribution in [2.45, 2.75) is 0 Å². The van der Waals surface area contributed by atoms with Gasteiger partial charge in [-0.3, -0.25) is 9.59 Å². The van der Waals surface area contributed by atoms with Crippen molar-refractivity contribution in [1.82, 2.24) is 9.88 Å². The van der Waals surface area contributed by atoms with E-state index >= 15 is 0 Å². The van der Waals surface area contributed by atoms with E-state index in [1.165, 1.54) is 0 Å². The number of nitrogens with zero attached hydrogens (tertiary/aromatic N) is 4. The van der Waals surface area contributed by atoms with Gasteiger partial charge in [0, 0.05) is 57.8 Å². The van der Waals surface area contributed by atoms with Gasteiger partial charge in [0.05, 0.1) is 5.56 Å². The second kappa shape index (κ2) is 7.86. The van der Waals surface area contributed by atoms with Crippen molar-refractivity contribution in [3.8, 4) is 0 Å². The van der Waals surface area contributed by atoms with E-state index in [2.05, 4.69) is 15.2 Å². The molecular weight excluding hydrogens is 330 g/mol. The Morgan fingerprint density at radius 2 is 1.77 bits per heavy atom. The summed E-state index contributed by atoms with van der Waals surface area (Å²) in [6, 6.07) is 11.3. The zero-order valence-corrected chi connectivity index (χ0v) is 15.1. The molecule has 0 spiro atoms. The summed E-state index contributed by atoms with van der Waals surface area (Å²) in [6.07, 6.45) is 2.47. The van der Waals surface area contributed by atoms with E-state index in [4.69, 9.17) is 0 Å². The SMILES string of the molecule is CN(C)c1ccc(NC(=O)c2ccc(N3CCN(C=O)CC3)nc2)cc1. The summed E-state index contributed by atoms with van der Waals surface area (Å²) < 4.78 is 0. The molecule has 1 aromatic heterocycles. The Labute approximate surface area is 153 Å². The molecule has 1 aromatic carbocycles. The minimum atomic E-state index is -0.188. The van der Waals surface area contributed by atoms with Crippen LogP contribution in [-0.2, 0) is 4.79 Å². The molecule has 1 N–H and O–H groups in total. The minimum absolute atomic E-state index is 0.188. The lowest BCUT2D eigenvalue weighted by Gasteiger charge is -2.33. The molecule has 7 heteroatoms. The number of amides is 2. The fraction of sp³-hybridized carbons (Fsp3) is 0.316. The number of hydrogen-bond acceptors (Lipinski definition) is 5. The summed E-state index contributed by atoms with van der Waals surface area (Å²) in [7, 11) is 3.94. The van der Waals surface area contributed by atoms with Gasteiger partial charge >= 0.3 is 0 Å². The number of carbonyl (C=O) groups is 2. The number of carbonyl (C=O) groups excluding carboxylic acids is 2. The first-order valence-corrected chi connectivity index (χ1v) is 8.56. The molecule has 0 radical (unpaired) electrons. The van der Waals surface area contributed by atoms with Crippen LogP contribution in [0.3, 0.4) is 0 Å². The third-order valence-corrected chi connectivity index (χ3v) is 4.44. The molecule has 1 aliphatic rings. The number of piperazine rings is 1. The Kier molecular flexibility index (Phi) is 5.36. The highest BCUT2D eigenvalue weighted by molar-refractivity contribution is 6.04. The molecule has 0 bridgehead atoms. The van der Waals surface area contributed by atoms with Crippen molar-refractivity contribution < 1.29 is 9.59 Å². The molecule has 26 heavy (non-hydrogen) atoms. The van der Waals surface area contributed by atoms with Gasteiger partial charge in [0.15, 0.2) is 0 Å². The lowest BCUT2D eigenvalue weighted by molar-refractivity contribution is -0.118. The highest BCUT2D eigenvalue weighted by Gasteiger charge is 2.17. The van der Waals surface area contributed by atoms with Crippen molar-refractivity contribution in [3.63, 3.8) is 0 Å². The largest absolute Gasteiger partial charge is 0.378 e. The molecule has 1 aliphatic heterocycles. The van der Waals surface area contributed by atoms with E-state index in [0.29, 0.717) is 18.7 Å². The van der Waals surface area contributed by atoms with Crippen LogP contribution in [0.1, 0.15) is 10.4 Å². The van der Waals surface area contributed by atoms with E-state index in [1.807, 2.05) is 49.3 Å². The molecule has 2 aromatic rings. The number of nitrogens with one attached hydrogen (secondary N) is 1. The summed E-state index contributed by atoms with van der Waals surface area (Å²) in [5, 5.41) is 2.88. The molecule has 0 saturated carbocycles. The van der Waals surface area contributed by atoms with Gasteiger partial charge < -0.3 is 20.0 Å². The van der Waals surface area contributed by atoms with Gasteiger partial charge in [-0.2, -0.15) is 0 Å². The van der Waals surface area contributed by atoms with Gasteiger partial charge in [0.25, 0.3) is 5.91 Å². The Hall–Kier alpha value is -3.09. The fourth-order valence-corrected chi connectivity index (χ4v) is 2.81. The van der Waals surface area contributed by atoms with Crippen LogP contribution < -0.4 is 15.1 Å². The molecule has 7 nitrogen and oxygen atoms in total. The van der Waals surface area contributed by atoms with Crippen molar-refractivity contribution >= 4 is 29.5 Å². The smallest absolute Gasteiger partial charge is 0.257 e. The first kappa shape index (κ1) is 17.7. The fourth-order valence-electron chi connectivity index (χ4n) is 2.81. The van der Waals surface area contributed by atoms with Crippen LogP contribution >= 0.6 is 0 Å². The minimum Gasteiger partial charge on any atom is -0.378 e. The number of hydrogen-bond donors (Lipinski definition) is 1. The summed E-state index contributed by atoms with van der Waals surface area (Å²) in [5.74, 6) is 0.634. The number of pyridine rings is 1. The third kappa shape index (κ3) is 4.11. The van der Waals surface area contributed by atoms with Gasteiger partial charge in [-0.05, 0) is 36.4 Å². The Bertz CT molecular complexity index is 751. The van der Waals surface area contributed by atoms with E-state index in [0.717, 1.165) is 36.7 Å². The average molecular weight is 353 g/mol. The van der Waals surface area contributed by atoms with Crippen molar-refractivity contribution in [1.29, 1.82) is 0 Å². The zero-order chi connectivity index (χ0) is 18.5. The predicted octanol–water partition coefficient (Wildman–Crippen LogP) is 1.68. The molecule has 136 valence electrons. The normalized spacial score (nSPS) is 14.1. The van der Waals surface area contributed by atoms with E-state index in [9.17, 15) is 9.59 Å². The lowest BCUT2D eigenvalue weighted by atomic mass is 10.2. The first-order valence-electron chi connectivity index (χ1n) is 8.56. The summed E-state index contributed by atoms with van der Waals surface area (Å²) in [4.78, 5) is 33.4. The van der Waals surface area contributed by atoms with Crippen LogP contribution in [0.5, 0.6) is 0 Å². The highest BCUT2D eigenvalue weighted by atomic mass is 16.1. The molecule has 1 saturated heterocycles. The standard InChI is InChI=1S/C19H23N5O2/c1-22(2)17-6-4-16(5-7-17)21-19(26)15-3-8-18(20-13-15)24-11-9-23(14-25)10-12-24/h3-8,13-14H,9-12H2,1-2H3,(H,21,26). The van der Waals surface area contributed by atoms with Crippen LogP contribution in [0.2, 0.25) is 0 Å². The van der Waals surface area contributed by atoms with Crippen LogP contribution in [-0.4, -0.2) is 62.5 Å². The molecule has 3 rings (SSSR count). The van der Waals surface area contributed by atoms with Gasteiger partial charge in [-0.1, -0.05) is 0 Å². The predicted molar refractivity (Wildman–Crippen MR) is 103 cm³/mol. The monoisotopic (exact) mass is 353 g/mol. The quantitative estimate of drug-likeness (QED) is 0.829. The molecule has 0 aliphatic carbocycles. The molecule has 2 amide bonds. The number of aromatic nitrogens is 1. The Balaban J connectivity index is 1.61. The second-order valence-electron chi connectivity index (χ2n) is 6.43. The van der Waals surface area contributed by atoms with Crippen LogP contribution in [0.15, 0.2) is 42.6 Å². The highest BCUT2D eigenvalue weighted by Crippen LogP contribution is 2.17. The summed E-state index contributed by atoms with van der Waals surface area (Å²) in [6.45, 7) is 2.87. The maximum Gasteiger partial charge on any atom is 0.257 e. The average Bonchev–Trinajstić information content (AvgIpc) is 2.68. The maximum atomic E-state index is 12.4. The van der Waals surface area contributed by atoms with Gasteiger partial charge in [-0.15, -0.1) is 0 Å². The van der Waals surface area contributed by atoms with Crippen LogP contribution in [0, 0.1) is 0 Å². The van der Waals surface area contributed by atoms with Gasteiger partial charge in [0.2, 0.25) is 6.41 Å². The van der Waals surface area contributed by atoms with E-state index in [-0.39, 0.29) is 5.91 Å². The van der Waals surface area contributed by atoms with Crippen LogP contribution in [0.25, 0.3) is 0 Å². The number of rotatable bonds is 5. The topological polar surface area (TPSA) is 68.8 Å². The molecule has 0 atom stereocenters. The summed E-state index contributed by atoms with van der Waals surface area (Å²) >= 11 is 0. The summed E-state index contributed by atoms with van der Waals surface area (Å²) in [5.41, 5.74) is 2.33. The number of benzene rings is 1.